The molecule has 0 radical (unpaired) electrons. The molecule has 0 amide bonds. The number of esters is 1. The van der Waals surface area contributed by atoms with Gasteiger partial charge in [0, 0.05) is 11.5 Å². The average Bonchev–Trinajstić information content (AvgIpc) is 2.78. The number of carbonyl (C=O) groups is 1. The molecule has 0 atom stereocenters. The van der Waals surface area contributed by atoms with Crippen LogP contribution in [-0.4, -0.2) is 59.6 Å². The molecule has 0 spiro atoms. The predicted octanol–water partition coefficient (Wildman–Crippen LogP) is 7.32. The molecular formula is C23H43N3O4S3. The van der Waals surface area contributed by atoms with Crippen LogP contribution in [0, 0.1) is 0 Å². The van der Waals surface area contributed by atoms with Crippen LogP contribution < -0.4 is 0 Å². The third-order valence-electron chi connectivity index (χ3n) is 4.78. The van der Waals surface area contributed by atoms with Gasteiger partial charge in [0.2, 0.25) is 0 Å². The summed E-state index contributed by atoms with van der Waals surface area (Å²) >= 11 is 8.53. The predicted molar refractivity (Wildman–Crippen MR) is 145 cm³/mol. The van der Waals surface area contributed by atoms with E-state index in [0.717, 1.165) is 9.28 Å². The Kier molecular flexibility index (Phi) is 22.9. The largest absolute Gasteiger partial charge is 0.462 e. The van der Waals surface area contributed by atoms with E-state index in [0.29, 0.717) is 33.0 Å². The average molecular weight is 522 g/mol. The highest BCUT2D eigenvalue weighted by Crippen LogP contribution is 2.32. The maximum absolute atomic E-state index is 12.4. The minimum atomic E-state index is -0.716. The molecule has 10 heteroatoms. The van der Waals surface area contributed by atoms with Crippen LogP contribution in [0.15, 0.2) is 5.11 Å². The summed E-state index contributed by atoms with van der Waals surface area (Å²) in [4.78, 5) is 15.0. The van der Waals surface area contributed by atoms with Crippen molar-refractivity contribution in [1.82, 2.24) is 0 Å². The van der Waals surface area contributed by atoms with Crippen LogP contribution in [-0.2, 0) is 19.0 Å². The molecule has 192 valence electrons. The Morgan fingerprint density at radius 2 is 1.45 bits per heavy atom. The summed E-state index contributed by atoms with van der Waals surface area (Å²) in [7, 11) is 0. The lowest BCUT2D eigenvalue weighted by atomic mass is 10.1. The lowest BCUT2D eigenvalue weighted by molar-refractivity contribution is -0.147. The Morgan fingerprint density at radius 3 is 2.06 bits per heavy atom. The van der Waals surface area contributed by atoms with Gasteiger partial charge in [-0.2, -0.15) is 0 Å². The zero-order chi connectivity index (χ0) is 24.6. The molecule has 0 aromatic heterocycles. The number of rotatable bonds is 22. The van der Waals surface area contributed by atoms with E-state index in [1.807, 2.05) is 13.8 Å². The fourth-order valence-electron chi connectivity index (χ4n) is 2.86. The third kappa shape index (κ3) is 21.7. The number of unbranched alkanes of at least 4 members (excludes halogenated alkanes) is 9. The summed E-state index contributed by atoms with van der Waals surface area (Å²) < 4.78 is 16.0. The number of thioether (sulfide) groups is 2. The molecule has 0 aliphatic rings. The van der Waals surface area contributed by atoms with E-state index in [1.54, 1.807) is 11.8 Å². The number of thiocarbonyl (C=S) groups is 1. The summed E-state index contributed by atoms with van der Waals surface area (Å²) in [6.45, 7) is 7.91. The summed E-state index contributed by atoms with van der Waals surface area (Å²) in [6.07, 6.45) is 13.2. The molecule has 0 aromatic carbocycles. The van der Waals surface area contributed by atoms with Crippen molar-refractivity contribution < 1.29 is 19.0 Å². The SMILES string of the molecule is CCCCCCCCCCCCSC(=S)SC(C)(C)C(=O)OCCOCCOCCN=[N+]=[N-]. The van der Waals surface area contributed by atoms with E-state index in [-0.39, 0.29) is 12.6 Å². The van der Waals surface area contributed by atoms with E-state index in [2.05, 4.69) is 16.9 Å². The smallest absolute Gasteiger partial charge is 0.322 e. The van der Waals surface area contributed by atoms with Gasteiger partial charge in [-0.3, -0.25) is 4.79 Å². The molecule has 0 aliphatic carbocycles. The van der Waals surface area contributed by atoms with Crippen LogP contribution in [0.5, 0.6) is 0 Å². The number of azide groups is 1. The molecule has 0 rings (SSSR count). The second-order valence-electron chi connectivity index (χ2n) is 8.21. The highest BCUT2D eigenvalue weighted by atomic mass is 32.2. The first-order valence-corrected chi connectivity index (χ1v) is 14.3. The third-order valence-corrected chi connectivity index (χ3v) is 7.56. The van der Waals surface area contributed by atoms with Gasteiger partial charge in [0.15, 0.2) is 0 Å². The summed E-state index contributed by atoms with van der Waals surface area (Å²) in [5, 5.41) is 3.37. The molecule has 0 aliphatic heterocycles. The summed E-state index contributed by atoms with van der Waals surface area (Å²) in [5.74, 6) is 0.718. The van der Waals surface area contributed by atoms with E-state index in [9.17, 15) is 4.79 Å². The Hall–Kier alpha value is -0.510. The van der Waals surface area contributed by atoms with E-state index in [4.69, 9.17) is 32.0 Å². The molecule has 0 saturated heterocycles. The number of carbonyl (C=O) groups excluding carboxylic acids is 1. The maximum atomic E-state index is 12.4. The van der Waals surface area contributed by atoms with Gasteiger partial charge in [-0.1, -0.05) is 93.8 Å². The Morgan fingerprint density at radius 1 is 0.909 bits per heavy atom. The quantitative estimate of drug-likeness (QED) is 0.0368. The maximum Gasteiger partial charge on any atom is 0.322 e. The van der Waals surface area contributed by atoms with Gasteiger partial charge < -0.3 is 14.2 Å². The lowest BCUT2D eigenvalue weighted by Gasteiger charge is -2.22. The Bertz CT molecular complexity index is 559. The van der Waals surface area contributed by atoms with E-state index >= 15 is 0 Å². The number of nitrogens with zero attached hydrogens (tertiary/aromatic N) is 3. The second kappa shape index (κ2) is 23.2. The first-order chi connectivity index (χ1) is 15.9. The standard InChI is InChI=1S/C23H43N3O4S3/c1-4-5-6-7-8-9-10-11-12-13-20-32-22(31)33-23(2,3)21(27)30-19-18-29-17-16-28-15-14-25-26-24/h4-20H2,1-3H3. The van der Waals surface area contributed by atoms with Crippen LogP contribution in [0.3, 0.4) is 0 Å². The van der Waals surface area contributed by atoms with Crippen LogP contribution in [0.4, 0.5) is 0 Å². The first-order valence-electron chi connectivity index (χ1n) is 12.1. The zero-order valence-corrected chi connectivity index (χ0v) is 23.2. The highest BCUT2D eigenvalue weighted by Gasteiger charge is 2.31. The number of ether oxygens (including phenoxy) is 3. The Labute approximate surface area is 214 Å². The van der Waals surface area contributed by atoms with Gasteiger partial charge >= 0.3 is 5.97 Å². The van der Waals surface area contributed by atoms with E-state index in [1.165, 1.54) is 76.0 Å². The molecule has 0 unspecified atom stereocenters. The van der Waals surface area contributed by atoms with Crippen molar-refractivity contribution in [2.75, 3.05) is 45.3 Å². The first kappa shape index (κ1) is 32.5. The minimum absolute atomic E-state index is 0.195. The monoisotopic (exact) mass is 521 g/mol. The molecule has 0 fully saturated rings. The number of hydrogen-bond donors (Lipinski definition) is 0. The van der Waals surface area contributed by atoms with Gasteiger partial charge in [-0.25, -0.2) is 0 Å². The van der Waals surface area contributed by atoms with Crippen molar-refractivity contribution in [3.05, 3.63) is 10.4 Å². The van der Waals surface area contributed by atoms with E-state index < -0.39 is 4.75 Å². The molecule has 7 nitrogen and oxygen atoms in total. The topological polar surface area (TPSA) is 93.5 Å². The van der Waals surface area contributed by atoms with Crippen LogP contribution >= 0.6 is 35.7 Å². The molecule has 33 heavy (non-hydrogen) atoms. The lowest BCUT2D eigenvalue weighted by Crippen LogP contribution is -2.32. The zero-order valence-electron chi connectivity index (χ0n) is 20.7. The highest BCUT2D eigenvalue weighted by molar-refractivity contribution is 8.47. The van der Waals surface area contributed by atoms with Crippen LogP contribution in [0.25, 0.3) is 10.4 Å². The van der Waals surface area contributed by atoms with Crippen molar-refractivity contribution in [1.29, 1.82) is 0 Å². The van der Waals surface area contributed by atoms with Gasteiger partial charge in [0.25, 0.3) is 0 Å². The fraction of sp³-hybridized carbons (Fsp3) is 0.913. The molecule has 0 N–H and O–H groups in total. The van der Waals surface area contributed by atoms with Crippen molar-refractivity contribution in [3.63, 3.8) is 0 Å². The van der Waals surface area contributed by atoms with Gasteiger partial charge in [0.1, 0.15) is 14.9 Å². The van der Waals surface area contributed by atoms with Crippen molar-refractivity contribution in [2.24, 2.45) is 5.11 Å². The van der Waals surface area contributed by atoms with Gasteiger partial charge in [0.05, 0.1) is 26.4 Å². The molecule has 0 heterocycles. The second-order valence-corrected chi connectivity index (χ2v) is 12.1. The van der Waals surface area contributed by atoms with Crippen LogP contribution in [0.1, 0.15) is 85.0 Å². The normalized spacial score (nSPS) is 11.2. The van der Waals surface area contributed by atoms with Crippen molar-refractivity contribution in [2.45, 2.75) is 89.7 Å². The fourth-order valence-corrected chi connectivity index (χ4v) is 5.92. The molecule has 0 saturated carbocycles. The Balaban J connectivity index is 3.67. The van der Waals surface area contributed by atoms with Gasteiger partial charge in [-0.15, -0.1) is 11.8 Å². The van der Waals surface area contributed by atoms with Crippen LogP contribution in [0.2, 0.25) is 0 Å². The molecular weight excluding hydrogens is 478 g/mol. The summed E-state index contributed by atoms with van der Waals surface area (Å²) in [5.41, 5.74) is 8.15. The number of hydrogen-bond acceptors (Lipinski definition) is 8. The summed E-state index contributed by atoms with van der Waals surface area (Å²) in [6, 6.07) is 0. The molecule has 0 bridgehead atoms. The van der Waals surface area contributed by atoms with Crippen molar-refractivity contribution >= 4 is 45.2 Å². The molecule has 0 aromatic rings. The van der Waals surface area contributed by atoms with Gasteiger partial charge in [-0.05, 0) is 31.6 Å². The minimum Gasteiger partial charge on any atom is -0.462 e. The van der Waals surface area contributed by atoms with Crippen molar-refractivity contribution in [3.8, 4) is 0 Å².